The lowest BCUT2D eigenvalue weighted by molar-refractivity contribution is -0.123. The fourth-order valence-electron chi connectivity index (χ4n) is 4.30. The number of amides is 1. The molecular formula is C22H25ClFN3O3S. The maximum atomic E-state index is 14.5. The molecule has 0 aromatic heterocycles. The molecule has 2 saturated heterocycles. The van der Waals surface area contributed by atoms with E-state index in [4.69, 9.17) is 11.6 Å². The summed E-state index contributed by atoms with van der Waals surface area (Å²) in [5, 5.41) is 9.53. The Hall–Kier alpha value is -2.00. The van der Waals surface area contributed by atoms with E-state index in [1.54, 1.807) is 12.1 Å². The number of piperidine rings is 1. The van der Waals surface area contributed by atoms with Crippen molar-refractivity contribution in [3.63, 3.8) is 0 Å². The zero-order valence-corrected chi connectivity index (χ0v) is 18.7. The number of fused-ring (bicyclic) bond motifs is 1. The Kier molecular flexibility index (Phi) is 6.35. The molecule has 2 heterocycles. The van der Waals surface area contributed by atoms with E-state index in [0.717, 1.165) is 31.5 Å². The van der Waals surface area contributed by atoms with Gasteiger partial charge in [-0.05, 0) is 68.1 Å². The van der Waals surface area contributed by atoms with Crippen LogP contribution in [0.1, 0.15) is 24.0 Å². The fraction of sp³-hybridized carbons (Fsp3) is 0.409. The molecule has 2 aromatic carbocycles. The molecule has 0 bridgehead atoms. The average Bonchev–Trinajstić information content (AvgIpc) is 3.19. The monoisotopic (exact) mass is 465 g/mol. The van der Waals surface area contributed by atoms with E-state index in [1.807, 2.05) is 0 Å². The molecule has 2 aliphatic heterocycles. The van der Waals surface area contributed by atoms with Crippen molar-refractivity contribution in [2.24, 2.45) is 5.92 Å². The van der Waals surface area contributed by atoms with E-state index in [2.05, 4.69) is 16.0 Å². The summed E-state index contributed by atoms with van der Waals surface area (Å²) < 4.78 is 40.3. The molecule has 2 fully saturated rings. The molecule has 31 heavy (non-hydrogen) atoms. The van der Waals surface area contributed by atoms with Gasteiger partial charge in [-0.3, -0.25) is 4.79 Å². The zero-order valence-electron chi connectivity index (χ0n) is 17.1. The summed E-state index contributed by atoms with van der Waals surface area (Å²) in [4.78, 5) is 12.0. The first-order valence-corrected chi connectivity index (χ1v) is 12.2. The first-order valence-electron chi connectivity index (χ1n) is 10.3. The van der Waals surface area contributed by atoms with Gasteiger partial charge in [0.15, 0.2) is 0 Å². The standard InChI is InChI=1S/C22H25ClFN3O3S/c1-13-2-7-17(23)21(20(13)24)31(29,30)16-5-3-14(4-6-16)11-26-22(28)19-10-15-12-25-9-8-18(15)27-19/h2-7,15,18-19,25,27H,8-12H2,1H3,(H,26,28). The van der Waals surface area contributed by atoms with Crippen LogP contribution in [0, 0.1) is 18.7 Å². The summed E-state index contributed by atoms with van der Waals surface area (Å²) in [5.74, 6) is -0.425. The maximum absolute atomic E-state index is 14.5. The second-order valence-corrected chi connectivity index (χ2v) is 10.5. The van der Waals surface area contributed by atoms with Crippen LogP contribution < -0.4 is 16.0 Å². The fourth-order valence-corrected chi connectivity index (χ4v) is 6.20. The lowest BCUT2D eigenvalue weighted by Gasteiger charge is -2.25. The minimum absolute atomic E-state index is 0.0528. The Bertz CT molecular complexity index is 1080. The van der Waals surface area contributed by atoms with Crippen molar-refractivity contribution in [1.29, 1.82) is 0 Å². The summed E-state index contributed by atoms with van der Waals surface area (Å²) in [6.45, 7) is 3.67. The average molecular weight is 466 g/mol. The number of sulfone groups is 1. The topological polar surface area (TPSA) is 87.3 Å². The van der Waals surface area contributed by atoms with Crippen LogP contribution in [0.3, 0.4) is 0 Å². The van der Waals surface area contributed by atoms with Gasteiger partial charge in [0.1, 0.15) is 10.7 Å². The van der Waals surface area contributed by atoms with Crippen LogP contribution in [-0.4, -0.2) is 39.5 Å². The van der Waals surface area contributed by atoms with E-state index in [1.165, 1.54) is 31.2 Å². The predicted octanol–water partition coefficient (Wildman–Crippen LogP) is 2.58. The highest BCUT2D eigenvalue weighted by Gasteiger charge is 2.38. The van der Waals surface area contributed by atoms with Gasteiger partial charge in [-0.2, -0.15) is 0 Å². The number of carbonyl (C=O) groups is 1. The summed E-state index contributed by atoms with van der Waals surface area (Å²) in [7, 11) is -4.11. The highest BCUT2D eigenvalue weighted by Crippen LogP contribution is 2.31. The number of rotatable bonds is 5. The lowest BCUT2D eigenvalue weighted by Crippen LogP contribution is -2.45. The van der Waals surface area contributed by atoms with Gasteiger partial charge in [-0.1, -0.05) is 29.8 Å². The van der Waals surface area contributed by atoms with E-state index in [9.17, 15) is 17.6 Å². The molecule has 166 valence electrons. The number of carbonyl (C=O) groups excluding carboxylic acids is 1. The molecule has 9 heteroatoms. The van der Waals surface area contributed by atoms with Crippen LogP contribution >= 0.6 is 11.6 Å². The molecule has 0 aliphatic carbocycles. The number of hydrogen-bond acceptors (Lipinski definition) is 5. The molecule has 4 rings (SSSR count). The maximum Gasteiger partial charge on any atom is 0.237 e. The van der Waals surface area contributed by atoms with Crippen LogP contribution in [-0.2, 0) is 21.2 Å². The zero-order chi connectivity index (χ0) is 22.2. The highest BCUT2D eigenvalue weighted by molar-refractivity contribution is 7.91. The molecule has 0 saturated carbocycles. The van der Waals surface area contributed by atoms with Crippen molar-refractivity contribution in [2.45, 2.75) is 48.2 Å². The summed E-state index contributed by atoms with van der Waals surface area (Å²) in [5.41, 5.74) is 0.957. The predicted molar refractivity (Wildman–Crippen MR) is 116 cm³/mol. The third-order valence-corrected chi connectivity index (χ3v) is 8.35. The van der Waals surface area contributed by atoms with Crippen molar-refractivity contribution >= 4 is 27.3 Å². The number of aryl methyl sites for hydroxylation is 1. The van der Waals surface area contributed by atoms with Crippen LogP contribution in [0.5, 0.6) is 0 Å². The number of nitrogens with one attached hydrogen (secondary N) is 3. The van der Waals surface area contributed by atoms with E-state index < -0.39 is 20.5 Å². The summed E-state index contributed by atoms with van der Waals surface area (Å²) in [6.07, 6.45) is 1.83. The molecule has 0 radical (unpaired) electrons. The largest absolute Gasteiger partial charge is 0.351 e. The molecule has 6 nitrogen and oxygen atoms in total. The van der Waals surface area contributed by atoms with Crippen LogP contribution in [0.25, 0.3) is 0 Å². The smallest absolute Gasteiger partial charge is 0.237 e. The molecule has 3 unspecified atom stereocenters. The second-order valence-electron chi connectivity index (χ2n) is 8.19. The van der Waals surface area contributed by atoms with Gasteiger partial charge in [-0.15, -0.1) is 0 Å². The summed E-state index contributed by atoms with van der Waals surface area (Å²) in [6, 6.07) is 9.02. The first-order chi connectivity index (χ1) is 14.8. The normalized spacial score (nSPS) is 23.4. The minimum atomic E-state index is -4.11. The van der Waals surface area contributed by atoms with Crippen molar-refractivity contribution in [3.8, 4) is 0 Å². The van der Waals surface area contributed by atoms with E-state index in [0.29, 0.717) is 12.0 Å². The van der Waals surface area contributed by atoms with E-state index >= 15 is 0 Å². The van der Waals surface area contributed by atoms with E-state index in [-0.39, 0.29) is 34.0 Å². The molecule has 2 aromatic rings. The van der Waals surface area contributed by atoms with Gasteiger partial charge >= 0.3 is 0 Å². The molecule has 3 atom stereocenters. The van der Waals surface area contributed by atoms with Gasteiger partial charge in [0.05, 0.1) is 16.0 Å². The number of hydrogen-bond donors (Lipinski definition) is 3. The molecule has 0 spiro atoms. The van der Waals surface area contributed by atoms with Gasteiger partial charge in [-0.25, -0.2) is 12.8 Å². The van der Waals surface area contributed by atoms with Crippen molar-refractivity contribution in [1.82, 2.24) is 16.0 Å². The van der Waals surface area contributed by atoms with Crippen molar-refractivity contribution < 1.29 is 17.6 Å². The molecular weight excluding hydrogens is 441 g/mol. The van der Waals surface area contributed by atoms with Crippen LogP contribution in [0.15, 0.2) is 46.2 Å². The Morgan fingerprint density at radius 3 is 2.68 bits per heavy atom. The van der Waals surface area contributed by atoms with Crippen LogP contribution in [0.4, 0.5) is 4.39 Å². The minimum Gasteiger partial charge on any atom is -0.351 e. The molecule has 1 amide bonds. The molecule has 3 N–H and O–H groups in total. The third kappa shape index (κ3) is 4.48. The van der Waals surface area contributed by atoms with Gasteiger partial charge in [0, 0.05) is 12.6 Å². The Morgan fingerprint density at radius 2 is 1.97 bits per heavy atom. The first kappa shape index (κ1) is 22.2. The quantitative estimate of drug-likeness (QED) is 0.631. The molecule has 2 aliphatic rings. The van der Waals surface area contributed by atoms with Gasteiger partial charge in [0.2, 0.25) is 15.7 Å². The summed E-state index contributed by atoms with van der Waals surface area (Å²) >= 11 is 5.98. The lowest BCUT2D eigenvalue weighted by atomic mass is 9.94. The van der Waals surface area contributed by atoms with Crippen molar-refractivity contribution in [3.05, 3.63) is 58.4 Å². The van der Waals surface area contributed by atoms with Crippen LogP contribution in [0.2, 0.25) is 5.02 Å². The van der Waals surface area contributed by atoms with Crippen molar-refractivity contribution in [2.75, 3.05) is 13.1 Å². The number of halogens is 2. The second kappa shape index (κ2) is 8.86. The highest BCUT2D eigenvalue weighted by atomic mass is 35.5. The Balaban J connectivity index is 1.42. The van der Waals surface area contributed by atoms with Gasteiger partial charge in [0.25, 0.3) is 0 Å². The number of benzene rings is 2. The van der Waals surface area contributed by atoms with Gasteiger partial charge < -0.3 is 16.0 Å². The Morgan fingerprint density at radius 1 is 1.23 bits per heavy atom. The SMILES string of the molecule is Cc1ccc(Cl)c(S(=O)(=O)c2ccc(CNC(=O)C3CC4CNCCC4N3)cc2)c1F. The third-order valence-electron chi connectivity index (χ3n) is 6.09. The Labute approximate surface area is 186 Å².